The predicted molar refractivity (Wildman–Crippen MR) is 88.5 cm³/mol. The van der Waals surface area contributed by atoms with Crippen LogP contribution in [0.5, 0.6) is 5.75 Å². The molecule has 1 aliphatic heterocycles. The van der Waals surface area contributed by atoms with Gasteiger partial charge >= 0.3 is 0 Å². The van der Waals surface area contributed by atoms with E-state index in [-0.39, 0.29) is 0 Å². The summed E-state index contributed by atoms with van der Waals surface area (Å²) >= 11 is 0. The Morgan fingerprint density at radius 1 is 1.17 bits per heavy atom. The molecule has 0 fully saturated rings. The number of carbonyl (C=O) groups excluding carboxylic acids is 2. The van der Waals surface area contributed by atoms with Crippen molar-refractivity contribution in [2.45, 2.75) is 20.3 Å². The van der Waals surface area contributed by atoms with Crippen LogP contribution in [0.25, 0.3) is 6.08 Å². The van der Waals surface area contributed by atoms with E-state index in [1.54, 1.807) is 26.0 Å². The van der Waals surface area contributed by atoms with Gasteiger partial charge in [-0.2, -0.15) is 0 Å². The van der Waals surface area contributed by atoms with Gasteiger partial charge in [-0.1, -0.05) is 6.07 Å². The van der Waals surface area contributed by atoms with E-state index < -0.39 is 11.8 Å². The molecule has 2 amide bonds. The summed E-state index contributed by atoms with van der Waals surface area (Å²) in [4.78, 5) is 23.8. The van der Waals surface area contributed by atoms with Gasteiger partial charge in [-0.25, -0.2) is 0 Å². The molecule has 1 aromatic heterocycles. The third-order valence-electron chi connectivity index (χ3n) is 3.73. The second kappa shape index (κ2) is 6.62. The number of benzene rings is 1. The predicted octanol–water partition coefficient (Wildman–Crippen LogP) is 2.31. The first kappa shape index (κ1) is 15.9. The van der Waals surface area contributed by atoms with E-state index in [0.29, 0.717) is 23.7 Å². The highest BCUT2D eigenvalue weighted by Gasteiger charge is 2.14. The van der Waals surface area contributed by atoms with Gasteiger partial charge in [-0.3, -0.25) is 20.4 Å². The van der Waals surface area contributed by atoms with Gasteiger partial charge in [0, 0.05) is 12.5 Å². The molecular weight excluding hydrogens is 308 g/mol. The van der Waals surface area contributed by atoms with Gasteiger partial charge in [0.15, 0.2) is 0 Å². The summed E-state index contributed by atoms with van der Waals surface area (Å²) in [5.41, 5.74) is 7.15. The first-order chi connectivity index (χ1) is 11.5. The van der Waals surface area contributed by atoms with Gasteiger partial charge in [0.25, 0.3) is 11.8 Å². The summed E-state index contributed by atoms with van der Waals surface area (Å²) in [5.74, 6) is 1.22. The van der Waals surface area contributed by atoms with Gasteiger partial charge in [0.1, 0.15) is 17.3 Å². The standard InChI is InChI=1S/C18H18N2O4/c1-11-9-15(12(2)24-11)18(22)20-19-17(21)6-4-13-3-5-16-14(10-13)7-8-23-16/h3-6,9-10H,7-8H2,1-2H3,(H,19,21)(H,20,22)/b6-4+. The lowest BCUT2D eigenvalue weighted by atomic mass is 10.1. The lowest BCUT2D eigenvalue weighted by molar-refractivity contribution is -0.117. The van der Waals surface area contributed by atoms with Crippen molar-refractivity contribution in [1.29, 1.82) is 0 Å². The second-order valence-electron chi connectivity index (χ2n) is 5.57. The lowest BCUT2D eigenvalue weighted by Crippen LogP contribution is -2.40. The molecule has 24 heavy (non-hydrogen) atoms. The third-order valence-corrected chi connectivity index (χ3v) is 3.73. The van der Waals surface area contributed by atoms with E-state index in [1.165, 1.54) is 6.08 Å². The summed E-state index contributed by atoms with van der Waals surface area (Å²) in [7, 11) is 0. The number of fused-ring (bicyclic) bond motifs is 1. The molecule has 1 aromatic carbocycles. The molecule has 0 spiro atoms. The molecular formula is C18H18N2O4. The Hall–Kier alpha value is -3.02. The van der Waals surface area contributed by atoms with Crippen molar-refractivity contribution in [3.8, 4) is 5.75 Å². The molecule has 0 unspecified atom stereocenters. The maximum absolute atomic E-state index is 12.0. The summed E-state index contributed by atoms with van der Waals surface area (Å²) in [5, 5.41) is 0. The minimum absolute atomic E-state index is 0.399. The Balaban J connectivity index is 1.55. The Morgan fingerprint density at radius 3 is 2.75 bits per heavy atom. The molecule has 0 saturated heterocycles. The quantitative estimate of drug-likeness (QED) is 0.670. The van der Waals surface area contributed by atoms with E-state index >= 15 is 0 Å². The number of hydrogen-bond donors (Lipinski definition) is 2. The average Bonchev–Trinajstić information content (AvgIpc) is 3.15. The zero-order valence-corrected chi connectivity index (χ0v) is 13.5. The van der Waals surface area contributed by atoms with Crippen LogP contribution in [0.15, 0.2) is 34.8 Å². The Labute approximate surface area is 139 Å². The molecule has 2 N–H and O–H groups in total. The van der Waals surface area contributed by atoms with Crippen molar-refractivity contribution in [2.24, 2.45) is 0 Å². The molecule has 3 rings (SSSR count). The highest BCUT2D eigenvalue weighted by Crippen LogP contribution is 2.26. The van der Waals surface area contributed by atoms with Crippen molar-refractivity contribution in [3.63, 3.8) is 0 Å². The van der Waals surface area contributed by atoms with E-state index in [1.807, 2.05) is 18.2 Å². The van der Waals surface area contributed by atoms with E-state index in [0.717, 1.165) is 23.3 Å². The van der Waals surface area contributed by atoms with Crippen LogP contribution in [0.1, 0.15) is 33.0 Å². The van der Waals surface area contributed by atoms with E-state index in [2.05, 4.69) is 10.9 Å². The van der Waals surface area contributed by atoms with Crippen molar-refractivity contribution < 1.29 is 18.7 Å². The first-order valence-corrected chi connectivity index (χ1v) is 7.64. The SMILES string of the molecule is Cc1cc(C(=O)NNC(=O)/C=C/c2ccc3c(c2)CCO3)c(C)o1. The molecule has 124 valence electrons. The van der Waals surface area contributed by atoms with Crippen LogP contribution in [0.4, 0.5) is 0 Å². The summed E-state index contributed by atoms with van der Waals surface area (Å²) in [6.07, 6.45) is 3.93. The fraction of sp³-hybridized carbons (Fsp3) is 0.222. The zero-order valence-electron chi connectivity index (χ0n) is 13.5. The van der Waals surface area contributed by atoms with Gasteiger partial charge in [-0.15, -0.1) is 0 Å². The number of hydrazine groups is 1. The van der Waals surface area contributed by atoms with E-state index in [4.69, 9.17) is 9.15 Å². The second-order valence-corrected chi connectivity index (χ2v) is 5.57. The number of rotatable bonds is 3. The largest absolute Gasteiger partial charge is 0.493 e. The van der Waals surface area contributed by atoms with Crippen LogP contribution < -0.4 is 15.6 Å². The number of ether oxygens (including phenoxy) is 1. The van der Waals surface area contributed by atoms with Crippen LogP contribution in [0, 0.1) is 13.8 Å². The monoisotopic (exact) mass is 326 g/mol. The van der Waals surface area contributed by atoms with Crippen molar-refractivity contribution in [2.75, 3.05) is 6.61 Å². The fourth-order valence-electron chi connectivity index (χ4n) is 2.57. The zero-order chi connectivity index (χ0) is 17.1. The Morgan fingerprint density at radius 2 is 2.00 bits per heavy atom. The van der Waals surface area contributed by atoms with Crippen LogP contribution in [-0.2, 0) is 11.2 Å². The molecule has 1 aliphatic rings. The number of aryl methyl sites for hydroxylation is 2. The molecule has 0 saturated carbocycles. The Bertz CT molecular complexity index is 820. The molecule has 2 heterocycles. The summed E-state index contributed by atoms with van der Waals surface area (Å²) < 4.78 is 10.7. The fourth-order valence-corrected chi connectivity index (χ4v) is 2.57. The number of carbonyl (C=O) groups is 2. The lowest BCUT2D eigenvalue weighted by Gasteiger charge is -2.04. The summed E-state index contributed by atoms with van der Waals surface area (Å²) in [6.45, 7) is 4.15. The van der Waals surface area contributed by atoms with Crippen LogP contribution >= 0.6 is 0 Å². The van der Waals surface area contributed by atoms with Crippen LogP contribution in [0.2, 0.25) is 0 Å². The van der Waals surface area contributed by atoms with Gasteiger partial charge in [-0.05, 0) is 49.2 Å². The van der Waals surface area contributed by atoms with Crippen molar-refractivity contribution >= 4 is 17.9 Å². The number of amides is 2. The number of nitrogens with one attached hydrogen (secondary N) is 2. The summed E-state index contributed by atoms with van der Waals surface area (Å²) in [6, 6.07) is 7.39. The minimum atomic E-state index is -0.419. The average molecular weight is 326 g/mol. The van der Waals surface area contributed by atoms with Crippen molar-refractivity contribution in [1.82, 2.24) is 10.9 Å². The molecule has 2 aromatic rings. The van der Waals surface area contributed by atoms with Crippen LogP contribution in [0.3, 0.4) is 0 Å². The topological polar surface area (TPSA) is 80.6 Å². The maximum atomic E-state index is 12.0. The van der Waals surface area contributed by atoms with Crippen LogP contribution in [-0.4, -0.2) is 18.4 Å². The molecule has 0 bridgehead atoms. The van der Waals surface area contributed by atoms with Gasteiger partial charge in [0.2, 0.25) is 0 Å². The van der Waals surface area contributed by atoms with Gasteiger partial charge < -0.3 is 9.15 Å². The van der Waals surface area contributed by atoms with E-state index in [9.17, 15) is 9.59 Å². The number of furan rings is 1. The smallest absolute Gasteiger partial charge is 0.273 e. The molecule has 0 radical (unpaired) electrons. The molecule has 6 nitrogen and oxygen atoms in total. The minimum Gasteiger partial charge on any atom is -0.493 e. The first-order valence-electron chi connectivity index (χ1n) is 7.64. The molecule has 0 atom stereocenters. The highest BCUT2D eigenvalue weighted by molar-refractivity contribution is 5.98. The molecule has 0 aliphatic carbocycles. The number of hydrogen-bond acceptors (Lipinski definition) is 4. The molecule has 6 heteroatoms. The van der Waals surface area contributed by atoms with Gasteiger partial charge in [0.05, 0.1) is 12.2 Å². The normalized spacial score (nSPS) is 12.8. The third kappa shape index (κ3) is 3.48. The van der Waals surface area contributed by atoms with Crippen molar-refractivity contribution in [3.05, 3.63) is 58.6 Å². The highest BCUT2D eigenvalue weighted by atomic mass is 16.5. The Kier molecular flexibility index (Phi) is 4.37. The maximum Gasteiger partial charge on any atom is 0.273 e.